The van der Waals surface area contributed by atoms with Crippen molar-refractivity contribution in [1.82, 2.24) is 5.32 Å². The van der Waals surface area contributed by atoms with Crippen LogP contribution in [0.2, 0.25) is 5.02 Å². The quantitative estimate of drug-likeness (QED) is 0.881. The average molecular weight is 284 g/mol. The van der Waals surface area contributed by atoms with Crippen LogP contribution in [0.4, 0.5) is 0 Å². The number of halogens is 1. The van der Waals surface area contributed by atoms with Gasteiger partial charge in [-0.3, -0.25) is 4.79 Å². The highest BCUT2D eigenvalue weighted by Gasteiger charge is 2.30. The third-order valence-corrected chi connectivity index (χ3v) is 3.72. The van der Waals surface area contributed by atoms with E-state index in [0.717, 1.165) is 5.56 Å². The molecule has 2 rings (SSSR count). The number of aliphatic hydroxyl groups is 1. The fraction of sp³-hybridized carbons (Fsp3) is 0.500. The average Bonchev–Trinajstić information content (AvgIpc) is 2.40. The van der Waals surface area contributed by atoms with E-state index in [-0.39, 0.29) is 18.9 Å². The van der Waals surface area contributed by atoms with E-state index in [1.54, 1.807) is 6.07 Å². The van der Waals surface area contributed by atoms with Gasteiger partial charge in [0.05, 0.1) is 12.0 Å². The molecule has 0 aromatic heterocycles. The van der Waals surface area contributed by atoms with Crippen LogP contribution in [0.1, 0.15) is 18.4 Å². The summed E-state index contributed by atoms with van der Waals surface area (Å²) in [5.74, 6) is -0.131. The Hall–Kier alpha value is -1.10. The Morgan fingerprint density at radius 1 is 1.37 bits per heavy atom. The highest BCUT2D eigenvalue weighted by Crippen LogP contribution is 2.19. The van der Waals surface area contributed by atoms with Crippen LogP contribution < -0.4 is 5.32 Å². The maximum Gasteiger partial charge on any atom is 0.224 e. The maximum absolute atomic E-state index is 11.8. The fourth-order valence-corrected chi connectivity index (χ4v) is 2.27. The van der Waals surface area contributed by atoms with Crippen LogP contribution in [0.15, 0.2) is 24.3 Å². The lowest BCUT2D eigenvalue weighted by atomic mass is 9.94. The van der Waals surface area contributed by atoms with Crippen molar-refractivity contribution >= 4 is 17.5 Å². The van der Waals surface area contributed by atoms with Gasteiger partial charge in [0.1, 0.15) is 0 Å². The number of rotatable bonds is 4. The number of carbonyl (C=O) groups is 1. The molecule has 0 unspecified atom stereocenters. The molecule has 104 valence electrons. The van der Waals surface area contributed by atoms with E-state index in [9.17, 15) is 9.90 Å². The Morgan fingerprint density at radius 2 is 2.05 bits per heavy atom. The molecule has 0 saturated carbocycles. The van der Waals surface area contributed by atoms with Gasteiger partial charge in [-0.25, -0.2) is 0 Å². The van der Waals surface area contributed by atoms with Gasteiger partial charge < -0.3 is 15.2 Å². The highest BCUT2D eigenvalue weighted by atomic mass is 35.5. The van der Waals surface area contributed by atoms with Crippen LogP contribution in [0, 0.1) is 0 Å². The molecule has 1 fully saturated rings. The summed E-state index contributed by atoms with van der Waals surface area (Å²) >= 11 is 6.00. The van der Waals surface area contributed by atoms with E-state index in [4.69, 9.17) is 16.3 Å². The van der Waals surface area contributed by atoms with Gasteiger partial charge in [-0.2, -0.15) is 0 Å². The number of nitrogens with one attached hydrogen (secondary N) is 1. The van der Waals surface area contributed by atoms with Crippen LogP contribution in [-0.2, 0) is 16.0 Å². The predicted octanol–water partition coefficient (Wildman–Crippen LogP) is 1.54. The predicted molar refractivity (Wildman–Crippen MR) is 73.2 cm³/mol. The lowest BCUT2D eigenvalue weighted by Gasteiger charge is -2.32. The molecule has 1 aromatic rings. The van der Waals surface area contributed by atoms with Gasteiger partial charge in [0.25, 0.3) is 0 Å². The summed E-state index contributed by atoms with van der Waals surface area (Å²) in [6.07, 6.45) is 1.34. The number of benzene rings is 1. The molecule has 5 heteroatoms. The molecular weight excluding hydrogens is 266 g/mol. The van der Waals surface area contributed by atoms with Crippen molar-refractivity contribution in [2.75, 3.05) is 19.8 Å². The van der Waals surface area contributed by atoms with Crippen molar-refractivity contribution in [2.45, 2.75) is 24.9 Å². The third-order valence-electron chi connectivity index (χ3n) is 3.35. The molecule has 1 saturated heterocycles. The van der Waals surface area contributed by atoms with E-state index in [2.05, 4.69) is 5.32 Å². The zero-order chi connectivity index (χ0) is 13.7. The smallest absolute Gasteiger partial charge is 0.224 e. The SMILES string of the molecule is O=C(Cc1ccccc1Cl)NCC1(O)CCOCC1. The number of carbonyl (C=O) groups excluding carboxylic acids is 1. The summed E-state index contributed by atoms with van der Waals surface area (Å²) in [6, 6.07) is 7.26. The van der Waals surface area contributed by atoms with Crippen LogP contribution in [0.3, 0.4) is 0 Å². The Morgan fingerprint density at radius 3 is 2.74 bits per heavy atom. The van der Waals surface area contributed by atoms with E-state index in [1.165, 1.54) is 0 Å². The summed E-state index contributed by atoms with van der Waals surface area (Å²) < 4.78 is 5.19. The van der Waals surface area contributed by atoms with Crippen molar-refractivity contribution in [3.8, 4) is 0 Å². The molecule has 4 nitrogen and oxygen atoms in total. The van der Waals surface area contributed by atoms with Crippen molar-refractivity contribution in [1.29, 1.82) is 0 Å². The Kier molecular flexibility index (Phi) is 4.80. The van der Waals surface area contributed by atoms with E-state index in [1.807, 2.05) is 18.2 Å². The second-order valence-corrected chi connectivity index (χ2v) is 5.29. The molecule has 1 aromatic carbocycles. The molecule has 0 bridgehead atoms. The zero-order valence-electron chi connectivity index (χ0n) is 10.7. The summed E-state index contributed by atoms with van der Waals surface area (Å²) in [7, 11) is 0. The van der Waals surface area contributed by atoms with Crippen LogP contribution in [-0.4, -0.2) is 36.4 Å². The lowest BCUT2D eigenvalue weighted by molar-refractivity contribution is -0.123. The molecule has 1 amide bonds. The second kappa shape index (κ2) is 6.37. The van der Waals surface area contributed by atoms with Gasteiger partial charge in [-0.15, -0.1) is 0 Å². The van der Waals surface area contributed by atoms with Crippen LogP contribution in [0.5, 0.6) is 0 Å². The Labute approximate surface area is 117 Å². The molecule has 0 atom stereocenters. The molecule has 0 spiro atoms. The maximum atomic E-state index is 11.8. The minimum Gasteiger partial charge on any atom is -0.388 e. The van der Waals surface area contributed by atoms with E-state index >= 15 is 0 Å². The highest BCUT2D eigenvalue weighted by molar-refractivity contribution is 6.31. The van der Waals surface area contributed by atoms with E-state index in [0.29, 0.717) is 31.1 Å². The summed E-state index contributed by atoms with van der Waals surface area (Å²) in [4.78, 5) is 11.8. The molecule has 0 aliphatic carbocycles. The first-order valence-electron chi connectivity index (χ1n) is 6.39. The summed E-state index contributed by atoms with van der Waals surface area (Å²) in [5.41, 5.74) is -0.0466. The Balaban J connectivity index is 1.83. The standard InChI is InChI=1S/C14H18ClNO3/c15-12-4-2-1-3-11(12)9-13(17)16-10-14(18)5-7-19-8-6-14/h1-4,18H,5-10H2,(H,16,17). The number of hydrogen-bond donors (Lipinski definition) is 2. The van der Waals surface area contributed by atoms with Crippen molar-refractivity contribution in [3.05, 3.63) is 34.9 Å². The minimum absolute atomic E-state index is 0.131. The topological polar surface area (TPSA) is 58.6 Å². The first kappa shape index (κ1) is 14.3. The van der Waals surface area contributed by atoms with Gasteiger partial charge in [-0.05, 0) is 11.6 Å². The van der Waals surface area contributed by atoms with Crippen molar-refractivity contribution < 1.29 is 14.6 Å². The number of amides is 1. The van der Waals surface area contributed by atoms with Crippen LogP contribution >= 0.6 is 11.6 Å². The van der Waals surface area contributed by atoms with Crippen molar-refractivity contribution in [3.63, 3.8) is 0 Å². The Bertz CT molecular complexity index is 444. The number of ether oxygens (including phenoxy) is 1. The second-order valence-electron chi connectivity index (χ2n) is 4.88. The lowest BCUT2D eigenvalue weighted by Crippen LogP contribution is -2.46. The van der Waals surface area contributed by atoms with Crippen molar-refractivity contribution in [2.24, 2.45) is 0 Å². The molecule has 0 radical (unpaired) electrons. The molecule has 2 N–H and O–H groups in total. The molecular formula is C14H18ClNO3. The fourth-order valence-electron chi connectivity index (χ4n) is 2.07. The largest absolute Gasteiger partial charge is 0.388 e. The van der Waals surface area contributed by atoms with Gasteiger partial charge in [0.15, 0.2) is 0 Å². The van der Waals surface area contributed by atoms with Crippen LogP contribution in [0.25, 0.3) is 0 Å². The third kappa shape index (κ3) is 4.20. The van der Waals surface area contributed by atoms with Gasteiger partial charge in [0, 0.05) is 37.6 Å². The number of hydrogen-bond acceptors (Lipinski definition) is 3. The van der Waals surface area contributed by atoms with Gasteiger partial charge >= 0.3 is 0 Å². The summed E-state index contributed by atoms with van der Waals surface area (Å²) in [5, 5.41) is 13.6. The normalized spacial score (nSPS) is 18.0. The van der Waals surface area contributed by atoms with Gasteiger partial charge in [-0.1, -0.05) is 29.8 Å². The van der Waals surface area contributed by atoms with E-state index < -0.39 is 5.60 Å². The molecule has 1 aliphatic rings. The molecule has 1 aliphatic heterocycles. The van der Waals surface area contributed by atoms with Gasteiger partial charge in [0.2, 0.25) is 5.91 Å². The minimum atomic E-state index is -0.839. The summed E-state index contributed by atoms with van der Waals surface area (Å²) in [6.45, 7) is 1.34. The zero-order valence-corrected chi connectivity index (χ0v) is 11.4. The first-order chi connectivity index (χ1) is 9.09. The molecule has 1 heterocycles. The first-order valence-corrected chi connectivity index (χ1v) is 6.77. The monoisotopic (exact) mass is 283 g/mol. The molecule has 19 heavy (non-hydrogen) atoms.